The zero-order valence-electron chi connectivity index (χ0n) is 10.5. The second kappa shape index (κ2) is 4.82. The lowest BCUT2D eigenvalue weighted by atomic mass is 9.82. The number of aliphatic hydroxyl groups is 1. The first-order chi connectivity index (χ1) is 9.47. The molecule has 4 N–H and O–H groups in total. The highest BCUT2D eigenvalue weighted by Gasteiger charge is 2.54. The average molecular weight is 301 g/mol. The standard InChI is InChI=1S/C12H14ClFN4O2/c13-12-16-3-6(14)11(18-12)17-9-4-1-5(7(19)2-4)8(9)10(15)20/h3-5,7-9,19H,1-2H2,(H2,15,20)(H,16,17,18)/t4-,5+,7+,8+,9-/m1/s1. The second-order valence-corrected chi connectivity index (χ2v) is 5.73. The topological polar surface area (TPSA) is 101 Å². The minimum absolute atomic E-state index is 0.0386. The summed E-state index contributed by atoms with van der Waals surface area (Å²) in [6.07, 6.45) is 1.73. The fourth-order valence-electron chi connectivity index (χ4n) is 3.53. The maximum Gasteiger partial charge on any atom is 0.224 e. The van der Waals surface area contributed by atoms with Crippen molar-refractivity contribution in [3.8, 4) is 0 Å². The average Bonchev–Trinajstić information content (AvgIpc) is 2.90. The van der Waals surface area contributed by atoms with Crippen molar-refractivity contribution in [3.63, 3.8) is 0 Å². The van der Waals surface area contributed by atoms with E-state index in [1.807, 2.05) is 0 Å². The van der Waals surface area contributed by atoms with Gasteiger partial charge >= 0.3 is 0 Å². The zero-order chi connectivity index (χ0) is 14.4. The molecule has 0 spiro atoms. The highest BCUT2D eigenvalue weighted by atomic mass is 35.5. The smallest absolute Gasteiger partial charge is 0.224 e. The number of aromatic nitrogens is 2. The third kappa shape index (κ3) is 2.10. The van der Waals surface area contributed by atoms with E-state index in [0.717, 1.165) is 6.20 Å². The molecular formula is C12H14ClFN4O2. The van der Waals surface area contributed by atoms with Crippen molar-refractivity contribution < 1.29 is 14.3 Å². The van der Waals surface area contributed by atoms with Crippen LogP contribution in [-0.2, 0) is 4.79 Å². The minimum Gasteiger partial charge on any atom is -0.393 e. The number of fused-ring (bicyclic) bond motifs is 2. The molecule has 1 aromatic rings. The Morgan fingerprint density at radius 3 is 3.00 bits per heavy atom. The fourth-order valence-corrected chi connectivity index (χ4v) is 3.66. The highest BCUT2D eigenvalue weighted by molar-refractivity contribution is 6.28. The van der Waals surface area contributed by atoms with Crippen LogP contribution in [0.5, 0.6) is 0 Å². The normalized spacial score (nSPS) is 35.2. The molecule has 0 aliphatic heterocycles. The van der Waals surface area contributed by atoms with Gasteiger partial charge in [-0.15, -0.1) is 0 Å². The van der Waals surface area contributed by atoms with Crippen LogP contribution in [0.2, 0.25) is 5.28 Å². The Bertz CT molecular complexity index is 558. The number of hydrogen-bond acceptors (Lipinski definition) is 5. The Kier molecular flexibility index (Phi) is 3.25. The van der Waals surface area contributed by atoms with Crippen LogP contribution < -0.4 is 11.1 Å². The van der Waals surface area contributed by atoms with E-state index in [2.05, 4.69) is 15.3 Å². The molecule has 6 nitrogen and oxygen atoms in total. The summed E-state index contributed by atoms with van der Waals surface area (Å²) < 4.78 is 13.7. The summed E-state index contributed by atoms with van der Waals surface area (Å²) in [5.74, 6) is -1.80. The van der Waals surface area contributed by atoms with Gasteiger partial charge in [0.05, 0.1) is 18.2 Å². The van der Waals surface area contributed by atoms with Crippen LogP contribution in [0.3, 0.4) is 0 Å². The number of aliphatic hydroxyl groups excluding tert-OH is 1. The van der Waals surface area contributed by atoms with Gasteiger partial charge in [0.2, 0.25) is 11.2 Å². The van der Waals surface area contributed by atoms with E-state index >= 15 is 0 Å². The van der Waals surface area contributed by atoms with Gasteiger partial charge in [-0.3, -0.25) is 4.79 Å². The van der Waals surface area contributed by atoms with Crippen molar-refractivity contribution in [2.75, 3.05) is 5.32 Å². The third-order valence-corrected chi connectivity index (χ3v) is 4.50. The number of amides is 1. The van der Waals surface area contributed by atoms with Crippen LogP contribution in [-0.4, -0.2) is 33.1 Å². The second-order valence-electron chi connectivity index (χ2n) is 5.40. The molecule has 20 heavy (non-hydrogen) atoms. The third-order valence-electron chi connectivity index (χ3n) is 4.32. The minimum atomic E-state index is -0.638. The van der Waals surface area contributed by atoms with Crippen molar-refractivity contribution in [1.29, 1.82) is 0 Å². The maximum absolute atomic E-state index is 13.7. The number of primary amides is 1. The van der Waals surface area contributed by atoms with E-state index in [9.17, 15) is 14.3 Å². The van der Waals surface area contributed by atoms with E-state index in [0.29, 0.717) is 12.8 Å². The molecule has 0 radical (unpaired) electrons. The first-order valence-electron chi connectivity index (χ1n) is 6.39. The lowest BCUT2D eigenvalue weighted by Gasteiger charge is -2.32. The number of halogens is 2. The van der Waals surface area contributed by atoms with Crippen LogP contribution in [0.1, 0.15) is 12.8 Å². The van der Waals surface area contributed by atoms with E-state index < -0.39 is 23.7 Å². The molecule has 0 saturated heterocycles. The molecule has 8 heteroatoms. The lowest BCUT2D eigenvalue weighted by molar-refractivity contribution is -0.125. The summed E-state index contributed by atoms with van der Waals surface area (Å²) in [7, 11) is 0. The molecular weight excluding hydrogens is 287 g/mol. The number of nitrogens with two attached hydrogens (primary N) is 1. The number of nitrogens with zero attached hydrogens (tertiary/aromatic N) is 2. The molecule has 2 saturated carbocycles. The summed E-state index contributed by atoms with van der Waals surface area (Å²) in [6, 6.07) is -0.332. The van der Waals surface area contributed by atoms with Crippen molar-refractivity contribution in [1.82, 2.24) is 9.97 Å². The Morgan fingerprint density at radius 2 is 2.30 bits per heavy atom. The van der Waals surface area contributed by atoms with E-state index in [1.165, 1.54) is 0 Å². The van der Waals surface area contributed by atoms with Gasteiger partial charge in [0.1, 0.15) is 0 Å². The van der Waals surface area contributed by atoms with Gasteiger partial charge < -0.3 is 16.2 Å². The van der Waals surface area contributed by atoms with E-state index in [-0.39, 0.29) is 29.0 Å². The summed E-state index contributed by atoms with van der Waals surface area (Å²) in [6.45, 7) is 0. The summed E-state index contributed by atoms with van der Waals surface area (Å²) in [5, 5.41) is 12.7. The van der Waals surface area contributed by atoms with Gasteiger partial charge in [-0.25, -0.2) is 9.37 Å². The van der Waals surface area contributed by atoms with Crippen LogP contribution >= 0.6 is 11.6 Å². The molecule has 2 aliphatic rings. The summed E-state index contributed by atoms with van der Waals surface area (Å²) in [5.41, 5.74) is 5.42. The number of nitrogens with one attached hydrogen (secondary N) is 1. The van der Waals surface area contributed by atoms with E-state index in [1.54, 1.807) is 0 Å². The number of hydrogen-bond donors (Lipinski definition) is 3. The Labute approximate surface area is 119 Å². The number of rotatable bonds is 3. The predicted molar refractivity (Wildman–Crippen MR) is 69.3 cm³/mol. The van der Waals surface area contributed by atoms with Gasteiger partial charge in [-0.05, 0) is 36.3 Å². The van der Waals surface area contributed by atoms with Crippen LogP contribution in [0, 0.1) is 23.6 Å². The predicted octanol–water partition coefficient (Wildman–Crippen LogP) is 0.552. The van der Waals surface area contributed by atoms with E-state index in [4.69, 9.17) is 17.3 Å². The molecule has 3 rings (SSSR count). The summed E-state index contributed by atoms with van der Waals surface area (Å²) in [4.78, 5) is 18.9. The molecule has 2 fully saturated rings. The van der Waals surface area contributed by atoms with Crippen molar-refractivity contribution in [3.05, 3.63) is 17.3 Å². The van der Waals surface area contributed by atoms with Crippen molar-refractivity contribution >= 4 is 23.3 Å². The molecule has 1 amide bonds. The quantitative estimate of drug-likeness (QED) is 0.708. The van der Waals surface area contributed by atoms with Gasteiger partial charge in [-0.2, -0.15) is 4.98 Å². The molecule has 0 aromatic carbocycles. The monoisotopic (exact) mass is 300 g/mol. The molecule has 1 aromatic heterocycles. The Morgan fingerprint density at radius 1 is 1.55 bits per heavy atom. The van der Waals surface area contributed by atoms with Crippen LogP contribution in [0.15, 0.2) is 6.20 Å². The maximum atomic E-state index is 13.7. The molecule has 108 valence electrons. The lowest BCUT2D eigenvalue weighted by Crippen LogP contribution is -2.46. The highest BCUT2D eigenvalue weighted by Crippen LogP contribution is 2.49. The SMILES string of the molecule is NC(=O)[C@H]1[C@H]2C[C@H](C[C@@H]2O)[C@H]1Nc1nc(Cl)ncc1F. The number of anilines is 1. The number of carbonyl (C=O) groups is 1. The molecule has 1 heterocycles. The first kappa shape index (κ1) is 13.5. The van der Waals surface area contributed by atoms with Crippen molar-refractivity contribution in [2.45, 2.75) is 25.0 Å². The fraction of sp³-hybridized carbons (Fsp3) is 0.583. The van der Waals surface area contributed by atoms with Crippen molar-refractivity contribution in [2.24, 2.45) is 23.5 Å². The van der Waals surface area contributed by atoms with Gasteiger partial charge in [0, 0.05) is 6.04 Å². The summed E-state index contributed by atoms with van der Waals surface area (Å²) >= 11 is 5.64. The molecule has 2 aliphatic carbocycles. The van der Waals surface area contributed by atoms with Gasteiger partial charge in [0.15, 0.2) is 11.6 Å². The first-order valence-corrected chi connectivity index (χ1v) is 6.77. The van der Waals surface area contributed by atoms with Gasteiger partial charge in [0.25, 0.3) is 0 Å². The molecule has 0 unspecified atom stereocenters. The number of carbonyl (C=O) groups excluding carboxylic acids is 1. The molecule has 5 atom stereocenters. The van der Waals surface area contributed by atoms with Crippen LogP contribution in [0.25, 0.3) is 0 Å². The Hall–Kier alpha value is -1.47. The van der Waals surface area contributed by atoms with Gasteiger partial charge in [-0.1, -0.05) is 0 Å². The molecule has 2 bridgehead atoms. The largest absolute Gasteiger partial charge is 0.393 e. The Balaban J connectivity index is 1.86. The zero-order valence-corrected chi connectivity index (χ0v) is 11.2. The van der Waals surface area contributed by atoms with Crippen LogP contribution in [0.4, 0.5) is 10.2 Å².